The molecule has 0 unspecified atom stereocenters. The summed E-state index contributed by atoms with van der Waals surface area (Å²) in [6, 6.07) is 4.77. The van der Waals surface area contributed by atoms with Gasteiger partial charge in [0.25, 0.3) is 0 Å². The molecule has 0 aliphatic rings. The van der Waals surface area contributed by atoms with Gasteiger partial charge in [-0.3, -0.25) is 11.3 Å². The molecular formula is C4H3SZn+. The van der Waals surface area contributed by atoms with Gasteiger partial charge in [0.1, 0.15) is 0 Å². The molecule has 0 amide bonds. The Morgan fingerprint density at radius 1 is 1.50 bits per heavy atom. The van der Waals surface area contributed by atoms with Crippen molar-refractivity contribution >= 4 is 11.3 Å². The molecule has 0 N–H and O–H groups in total. The van der Waals surface area contributed by atoms with Gasteiger partial charge in [-0.25, -0.2) is 12.1 Å². The summed E-state index contributed by atoms with van der Waals surface area (Å²) in [5.41, 5.74) is 0. The summed E-state index contributed by atoms with van der Waals surface area (Å²) in [5, 5.41) is 3.90. The maximum Gasteiger partial charge on any atom is 2.00 e. The standard InChI is InChI=1S/C4H3S.Zn/c1-2-4-5-3-1;/h1,3-4H;/q-1;+2. The summed E-state index contributed by atoms with van der Waals surface area (Å²) in [4.78, 5) is 0. The molecule has 1 aromatic rings. The van der Waals surface area contributed by atoms with E-state index >= 15 is 0 Å². The zero-order valence-corrected chi connectivity index (χ0v) is 7.13. The maximum absolute atomic E-state index is 2.88. The average molecular weight is 149 g/mol. The molecule has 0 aliphatic heterocycles. The number of hydrogen-bond donors (Lipinski definition) is 0. The van der Waals surface area contributed by atoms with E-state index in [1.165, 1.54) is 0 Å². The van der Waals surface area contributed by atoms with Gasteiger partial charge >= 0.3 is 19.5 Å². The Morgan fingerprint density at radius 2 is 2.33 bits per heavy atom. The molecule has 0 fully saturated rings. The number of thiophene rings is 1. The smallest absolute Gasteiger partial charge is 0.273 e. The van der Waals surface area contributed by atoms with Crippen molar-refractivity contribution in [2.75, 3.05) is 0 Å². The number of rotatable bonds is 0. The van der Waals surface area contributed by atoms with E-state index in [0.717, 1.165) is 0 Å². The van der Waals surface area contributed by atoms with E-state index in [2.05, 4.69) is 6.07 Å². The number of hydrogen-bond acceptors (Lipinski definition) is 1. The van der Waals surface area contributed by atoms with Crippen molar-refractivity contribution in [3.63, 3.8) is 0 Å². The topological polar surface area (TPSA) is 0 Å². The zero-order valence-electron chi connectivity index (χ0n) is 3.35. The van der Waals surface area contributed by atoms with Crippen LogP contribution in [0.15, 0.2) is 16.8 Å². The summed E-state index contributed by atoms with van der Waals surface area (Å²) < 4.78 is 0. The van der Waals surface area contributed by atoms with Crippen LogP contribution in [0.4, 0.5) is 0 Å². The van der Waals surface area contributed by atoms with E-state index in [9.17, 15) is 0 Å². The van der Waals surface area contributed by atoms with Crippen LogP contribution >= 0.6 is 11.3 Å². The van der Waals surface area contributed by atoms with E-state index < -0.39 is 0 Å². The minimum Gasteiger partial charge on any atom is -0.273 e. The van der Waals surface area contributed by atoms with Crippen LogP contribution in [-0.4, -0.2) is 0 Å². The van der Waals surface area contributed by atoms with E-state index in [1.54, 1.807) is 11.3 Å². The van der Waals surface area contributed by atoms with Gasteiger partial charge in [-0.15, -0.1) is 5.38 Å². The van der Waals surface area contributed by atoms with Crippen LogP contribution in [-0.2, 0) is 19.5 Å². The molecule has 0 nitrogen and oxygen atoms in total. The van der Waals surface area contributed by atoms with Gasteiger partial charge in [-0.05, 0) is 0 Å². The molecule has 0 spiro atoms. The van der Waals surface area contributed by atoms with Crippen molar-refractivity contribution in [3.05, 3.63) is 22.9 Å². The van der Waals surface area contributed by atoms with Crippen LogP contribution in [0.2, 0.25) is 0 Å². The van der Waals surface area contributed by atoms with Gasteiger partial charge < -0.3 is 0 Å². The third-order valence-electron chi connectivity index (χ3n) is 0.379. The Bertz CT molecular complexity index is 64.0. The Labute approximate surface area is 54.0 Å². The van der Waals surface area contributed by atoms with E-state index in [0.29, 0.717) is 0 Å². The van der Waals surface area contributed by atoms with Gasteiger partial charge in [0.05, 0.1) is 0 Å². The van der Waals surface area contributed by atoms with Gasteiger partial charge in [0, 0.05) is 0 Å². The molecule has 0 bridgehead atoms. The molecule has 0 aliphatic carbocycles. The Balaban J connectivity index is 0.000000250. The van der Waals surface area contributed by atoms with Crippen molar-refractivity contribution in [1.82, 2.24) is 0 Å². The zero-order chi connectivity index (χ0) is 3.54. The summed E-state index contributed by atoms with van der Waals surface area (Å²) in [7, 11) is 0. The molecule has 0 atom stereocenters. The average Bonchev–Trinajstić information content (AvgIpc) is 1.76. The SMILES string of the molecule is [Zn+2].[c-]1ccsc1. The van der Waals surface area contributed by atoms with Crippen LogP contribution in [0.1, 0.15) is 0 Å². The van der Waals surface area contributed by atoms with E-state index in [1.807, 2.05) is 16.8 Å². The molecule has 26 valence electrons. The second kappa shape index (κ2) is 3.51. The first-order valence-corrected chi connectivity index (χ1v) is 2.32. The van der Waals surface area contributed by atoms with Gasteiger partial charge in [0.2, 0.25) is 0 Å². The molecule has 1 heterocycles. The second-order valence-electron chi connectivity index (χ2n) is 0.723. The second-order valence-corrected chi connectivity index (χ2v) is 1.50. The molecule has 0 saturated heterocycles. The first kappa shape index (κ1) is 6.32. The maximum atomic E-state index is 2.88. The van der Waals surface area contributed by atoms with Crippen molar-refractivity contribution in [3.8, 4) is 0 Å². The fraction of sp³-hybridized carbons (Fsp3) is 0. The molecule has 6 heavy (non-hydrogen) atoms. The Kier molecular flexibility index (Phi) is 3.70. The Hall–Kier alpha value is 0.323. The molecule has 1 aromatic heterocycles. The van der Waals surface area contributed by atoms with Crippen molar-refractivity contribution in [1.29, 1.82) is 0 Å². The first-order chi connectivity index (χ1) is 2.50. The minimum atomic E-state index is 0. The van der Waals surface area contributed by atoms with Crippen molar-refractivity contribution < 1.29 is 19.5 Å². The molecule has 0 radical (unpaired) electrons. The summed E-state index contributed by atoms with van der Waals surface area (Å²) in [6.07, 6.45) is 0. The molecular weight excluding hydrogens is 146 g/mol. The van der Waals surface area contributed by atoms with Crippen LogP contribution in [0.5, 0.6) is 0 Å². The monoisotopic (exact) mass is 147 g/mol. The predicted molar refractivity (Wildman–Crippen MR) is 23.2 cm³/mol. The normalized spacial score (nSPS) is 6.67. The molecule has 1 rings (SSSR count). The molecule has 0 aromatic carbocycles. The van der Waals surface area contributed by atoms with Crippen molar-refractivity contribution in [2.24, 2.45) is 0 Å². The quantitative estimate of drug-likeness (QED) is 0.387. The van der Waals surface area contributed by atoms with E-state index in [4.69, 9.17) is 0 Å². The van der Waals surface area contributed by atoms with Crippen LogP contribution in [0, 0.1) is 6.07 Å². The largest absolute Gasteiger partial charge is 2.00 e. The predicted octanol–water partition coefficient (Wildman–Crippen LogP) is 1.55. The third-order valence-corrected chi connectivity index (χ3v) is 0.944. The fourth-order valence-electron chi connectivity index (χ4n) is 0.196. The van der Waals surface area contributed by atoms with Crippen LogP contribution in [0.3, 0.4) is 0 Å². The molecule has 0 saturated carbocycles. The summed E-state index contributed by atoms with van der Waals surface area (Å²) in [5.74, 6) is 0. The molecule has 2 heteroatoms. The van der Waals surface area contributed by atoms with Crippen LogP contribution < -0.4 is 0 Å². The van der Waals surface area contributed by atoms with Gasteiger partial charge in [0.15, 0.2) is 0 Å². The summed E-state index contributed by atoms with van der Waals surface area (Å²) >= 11 is 1.66. The van der Waals surface area contributed by atoms with Crippen LogP contribution in [0.25, 0.3) is 0 Å². The van der Waals surface area contributed by atoms with Gasteiger partial charge in [-0.2, -0.15) is 5.38 Å². The fourth-order valence-corrected chi connectivity index (χ4v) is 0.589. The Morgan fingerprint density at radius 3 is 2.50 bits per heavy atom. The van der Waals surface area contributed by atoms with Crippen molar-refractivity contribution in [2.45, 2.75) is 0 Å². The van der Waals surface area contributed by atoms with E-state index in [-0.39, 0.29) is 19.5 Å². The minimum absolute atomic E-state index is 0. The summed E-state index contributed by atoms with van der Waals surface area (Å²) in [6.45, 7) is 0. The third kappa shape index (κ3) is 1.69. The van der Waals surface area contributed by atoms with Gasteiger partial charge in [-0.1, -0.05) is 0 Å². The first-order valence-electron chi connectivity index (χ1n) is 1.38.